The summed E-state index contributed by atoms with van der Waals surface area (Å²) in [5, 5.41) is 0. The highest BCUT2D eigenvalue weighted by atomic mass is 32.2. The standard InChI is InChI=1S/C15H22N2O6S/c1-11(15(18)17-6-8-23-9-7-17)16-24(19,20)14-5-4-12(21-2)10-13(14)22-3/h4-5,10-11,16H,6-9H2,1-3H3/t11-/m0/s1. The zero-order valence-electron chi connectivity index (χ0n) is 13.9. The highest BCUT2D eigenvalue weighted by Gasteiger charge is 2.28. The molecule has 0 bridgehead atoms. The molecule has 2 rings (SSSR count). The Balaban J connectivity index is 2.16. The van der Waals surface area contributed by atoms with E-state index < -0.39 is 16.1 Å². The first kappa shape index (κ1) is 18.5. The van der Waals surface area contributed by atoms with Gasteiger partial charge in [-0.2, -0.15) is 4.72 Å². The van der Waals surface area contributed by atoms with Crippen LogP contribution in [0.25, 0.3) is 0 Å². The van der Waals surface area contributed by atoms with Gasteiger partial charge in [0.2, 0.25) is 15.9 Å². The first-order chi connectivity index (χ1) is 11.4. The molecule has 1 N–H and O–H groups in total. The van der Waals surface area contributed by atoms with Crippen molar-refractivity contribution in [2.24, 2.45) is 0 Å². The number of hydrogen-bond donors (Lipinski definition) is 1. The molecule has 0 saturated carbocycles. The molecule has 1 aliphatic heterocycles. The van der Waals surface area contributed by atoms with E-state index in [1.807, 2.05) is 0 Å². The molecule has 1 saturated heterocycles. The number of carbonyl (C=O) groups excluding carboxylic acids is 1. The summed E-state index contributed by atoms with van der Waals surface area (Å²) in [4.78, 5) is 13.9. The molecule has 24 heavy (non-hydrogen) atoms. The molecule has 0 radical (unpaired) electrons. The quantitative estimate of drug-likeness (QED) is 0.782. The van der Waals surface area contributed by atoms with Crippen molar-refractivity contribution in [1.29, 1.82) is 0 Å². The summed E-state index contributed by atoms with van der Waals surface area (Å²) < 4.78 is 42.9. The summed E-state index contributed by atoms with van der Waals surface area (Å²) in [6.07, 6.45) is 0. The molecule has 0 aliphatic carbocycles. The van der Waals surface area contributed by atoms with Crippen LogP contribution >= 0.6 is 0 Å². The van der Waals surface area contributed by atoms with Crippen molar-refractivity contribution in [2.45, 2.75) is 17.9 Å². The first-order valence-corrected chi connectivity index (χ1v) is 8.98. The Morgan fingerprint density at radius 2 is 1.92 bits per heavy atom. The minimum Gasteiger partial charge on any atom is -0.497 e. The van der Waals surface area contributed by atoms with E-state index in [-0.39, 0.29) is 16.6 Å². The number of amides is 1. The number of carbonyl (C=O) groups is 1. The van der Waals surface area contributed by atoms with Gasteiger partial charge in [-0.3, -0.25) is 4.79 Å². The van der Waals surface area contributed by atoms with Gasteiger partial charge >= 0.3 is 0 Å². The Labute approximate surface area is 141 Å². The van der Waals surface area contributed by atoms with Gasteiger partial charge in [-0.1, -0.05) is 0 Å². The molecule has 1 aromatic carbocycles. The van der Waals surface area contributed by atoms with Gasteiger partial charge in [0.25, 0.3) is 0 Å². The number of hydrogen-bond acceptors (Lipinski definition) is 6. The molecule has 1 atom stereocenters. The molecular weight excluding hydrogens is 336 g/mol. The number of rotatable bonds is 6. The van der Waals surface area contributed by atoms with E-state index in [2.05, 4.69) is 4.72 Å². The maximum Gasteiger partial charge on any atom is 0.244 e. The molecule has 1 aliphatic rings. The van der Waals surface area contributed by atoms with Crippen LogP contribution in [0.4, 0.5) is 0 Å². The number of sulfonamides is 1. The van der Waals surface area contributed by atoms with E-state index in [9.17, 15) is 13.2 Å². The molecule has 134 valence electrons. The summed E-state index contributed by atoms with van der Waals surface area (Å²) in [5.74, 6) is 0.338. The lowest BCUT2D eigenvalue weighted by Gasteiger charge is -2.29. The minimum atomic E-state index is -3.92. The zero-order chi connectivity index (χ0) is 17.7. The van der Waals surface area contributed by atoms with Crippen LogP contribution in [-0.2, 0) is 19.6 Å². The van der Waals surface area contributed by atoms with Crippen molar-refractivity contribution in [1.82, 2.24) is 9.62 Å². The van der Waals surface area contributed by atoms with Crippen LogP contribution in [0.5, 0.6) is 11.5 Å². The molecule has 1 fully saturated rings. The summed E-state index contributed by atoms with van der Waals surface area (Å²) in [6, 6.07) is 3.49. The molecule has 0 unspecified atom stereocenters. The average molecular weight is 358 g/mol. The number of benzene rings is 1. The fraction of sp³-hybridized carbons (Fsp3) is 0.533. The fourth-order valence-electron chi connectivity index (χ4n) is 2.40. The summed E-state index contributed by atoms with van der Waals surface area (Å²) in [7, 11) is -1.07. The minimum absolute atomic E-state index is 0.0487. The second-order valence-corrected chi connectivity index (χ2v) is 6.98. The van der Waals surface area contributed by atoms with Crippen molar-refractivity contribution < 1.29 is 27.4 Å². The molecule has 0 spiro atoms. The Bertz CT molecular complexity index is 685. The summed E-state index contributed by atoms with van der Waals surface area (Å²) in [6.45, 7) is 3.34. The normalized spacial score (nSPS) is 16.5. The number of methoxy groups -OCH3 is 2. The van der Waals surface area contributed by atoms with Crippen LogP contribution in [-0.4, -0.2) is 65.8 Å². The van der Waals surface area contributed by atoms with Crippen LogP contribution < -0.4 is 14.2 Å². The Hall–Kier alpha value is -1.84. The van der Waals surface area contributed by atoms with Crippen molar-refractivity contribution >= 4 is 15.9 Å². The maximum atomic E-state index is 12.6. The molecule has 1 aromatic rings. The van der Waals surface area contributed by atoms with Gasteiger partial charge in [0.1, 0.15) is 16.4 Å². The zero-order valence-corrected chi connectivity index (χ0v) is 14.8. The summed E-state index contributed by atoms with van der Waals surface area (Å²) in [5.41, 5.74) is 0. The smallest absolute Gasteiger partial charge is 0.244 e. The highest BCUT2D eigenvalue weighted by Crippen LogP contribution is 2.28. The lowest BCUT2D eigenvalue weighted by molar-refractivity contribution is -0.136. The lowest BCUT2D eigenvalue weighted by atomic mass is 10.3. The fourth-order valence-corrected chi connectivity index (χ4v) is 3.75. The van der Waals surface area contributed by atoms with Crippen molar-refractivity contribution in [3.8, 4) is 11.5 Å². The number of nitrogens with zero attached hydrogens (tertiary/aromatic N) is 1. The molecule has 9 heteroatoms. The number of morpholine rings is 1. The largest absolute Gasteiger partial charge is 0.497 e. The van der Waals surface area contributed by atoms with E-state index in [0.717, 1.165) is 0 Å². The van der Waals surface area contributed by atoms with Crippen molar-refractivity contribution in [3.63, 3.8) is 0 Å². The van der Waals surface area contributed by atoms with Gasteiger partial charge in [0.05, 0.1) is 33.5 Å². The van der Waals surface area contributed by atoms with E-state index in [1.54, 1.807) is 4.90 Å². The molecule has 8 nitrogen and oxygen atoms in total. The van der Waals surface area contributed by atoms with Gasteiger partial charge in [-0.05, 0) is 19.1 Å². The topological polar surface area (TPSA) is 94.2 Å². The Morgan fingerprint density at radius 3 is 2.50 bits per heavy atom. The lowest BCUT2D eigenvalue weighted by Crippen LogP contribution is -2.50. The van der Waals surface area contributed by atoms with Crippen LogP contribution in [0.15, 0.2) is 23.1 Å². The van der Waals surface area contributed by atoms with Gasteiger partial charge in [0.15, 0.2) is 0 Å². The molecule has 1 amide bonds. The third-order valence-corrected chi connectivity index (χ3v) is 5.27. The van der Waals surface area contributed by atoms with Gasteiger partial charge in [-0.15, -0.1) is 0 Å². The number of nitrogens with one attached hydrogen (secondary N) is 1. The van der Waals surface area contributed by atoms with E-state index >= 15 is 0 Å². The molecule has 1 heterocycles. The van der Waals surface area contributed by atoms with Gasteiger partial charge in [-0.25, -0.2) is 8.42 Å². The average Bonchev–Trinajstić information content (AvgIpc) is 2.60. The first-order valence-electron chi connectivity index (χ1n) is 7.50. The van der Waals surface area contributed by atoms with Crippen LogP contribution in [0.1, 0.15) is 6.92 Å². The molecular formula is C15H22N2O6S. The predicted octanol–water partition coefficient (Wildman–Crippen LogP) is 0.229. The third-order valence-electron chi connectivity index (χ3n) is 3.69. The second kappa shape index (κ2) is 7.82. The van der Waals surface area contributed by atoms with Crippen molar-refractivity contribution in [3.05, 3.63) is 18.2 Å². The third kappa shape index (κ3) is 4.16. The molecule has 0 aromatic heterocycles. The Morgan fingerprint density at radius 1 is 1.25 bits per heavy atom. The van der Waals surface area contributed by atoms with Crippen LogP contribution in [0, 0.1) is 0 Å². The van der Waals surface area contributed by atoms with Crippen LogP contribution in [0.3, 0.4) is 0 Å². The van der Waals surface area contributed by atoms with E-state index in [0.29, 0.717) is 32.1 Å². The van der Waals surface area contributed by atoms with E-state index in [4.69, 9.17) is 14.2 Å². The monoisotopic (exact) mass is 358 g/mol. The van der Waals surface area contributed by atoms with Gasteiger partial charge < -0.3 is 19.1 Å². The Kier molecular flexibility index (Phi) is 6.03. The maximum absolute atomic E-state index is 12.6. The van der Waals surface area contributed by atoms with Crippen LogP contribution in [0.2, 0.25) is 0 Å². The second-order valence-electron chi connectivity index (χ2n) is 5.30. The highest BCUT2D eigenvalue weighted by molar-refractivity contribution is 7.89. The SMILES string of the molecule is COc1ccc(S(=O)(=O)N[C@@H](C)C(=O)N2CCOCC2)c(OC)c1. The van der Waals surface area contributed by atoms with Crippen molar-refractivity contribution in [2.75, 3.05) is 40.5 Å². The van der Waals surface area contributed by atoms with E-state index in [1.165, 1.54) is 39.3 Å². The summed E-state index contributed by atoms with van der Waals surface area (Å²) >= 11 is 0. The van der Waals surface area contributed by atoms with Gasteiger partial charge in [0, 0.05) is 19.2 Å². The number of ether oxygens (including phenoxy) is 3. The predicted molar refractivity (Wildman–Crippen MR) is 86.7 cm³/mol.